The van der Waals surface area contributed by atoms with Crippen molar-refractivity contribution in [2.24, 2.45) is 0 Å². The molecule has 2 aliphatic rings. The summed E-state index contributed by atoms with van der Waals surface area (Å²) in [5.74, 6) is -0.225. The Morgan fingerprint density at radius 3 is 2.80 bits per heavy atom. The highest BCUT2D eigenvalue weighted by molar-refractivity contribution is 6.05. The lowest BCUT2D eigenvalue weighted by Gasteiger charge is -2.22. The Balaban J connectivity index is 1.81. The first-order valence-electron chi connectivity index (χ1n) is 7.02. The average Bonchev–Trinajstić information content (AvgIpc) is 2.65. The van der Waals surface area contributed by atoms with Crippen LogP contribution in [0.2, 0.25) is 0 Å². The molecular formula is C15H19N3O2. The van der Waals surface area contributed by atoms with Gasteiger partial charge in [0.1, 0.15) is 0 Å². The number of hydrogen-bond acceptors (Lipinski definition) is 4. The van der Waals surface area contributed by atoms with E-state index in [1.807, 2.05) is 12.1 Å². The number of carbonyl (C=O) groups is 2. The summed E-state index contributed by atoms with van der Waals surface area (Å²) in [6.07, 6.45) is 1.18. The largest absolute Gasteiger partial charge is 0.313 e. The number of rotatable bonds is 2. The molecule has 0 spiro atoms. The van der Waals surface area contributed by atoms with Gasteiger partial charge < -0.3 is 5.32 Å². The summed E-state index contributed by atoms with van der Waals surface area (Å²) in [5, 5.41) is 6.76. The molecule has 5 heteroatoms. The molecule has 3 rings (SSSR count). The van der Waals surface area contributed by atoms with Crippen LogP contribution < -0.4 is 10.6 Å². The van der Waals surface area contributed by atoms with Crippen molar-refractivity contribution in [3.63, 3.8) is 0 Å². The number of likely N-dealkylation sites (N-methyl/N-ethyl adjacent to an activating group) is 1. The van der Waals surface area contributed by atoms with Crippen LogP contribution in [0.1, 0.15) is 30.0 Å². The second-order valence-corrected chi connectivity index (χ2v) is 5.43. The molecule has 1 saturated heterocycles. The minimum atomic E-state index is -0.386. The van der Waals surface area contributed by atoms with Gasteiger partial charge in [-0.1, -0.05) is 24.3 Å². The molecule has 2 aliphatic heterocycles. The van der Waals surface area contributed by atoms with E-state index in [0.717, 1.165) is 19.5 Å². The molecule has 0 aromatic heterocycles. The zero-order valence-electron chi connectivity index (χ0n) is 11.6. The molecule has 2 atom stereocenters. The van der Waals surface area contributed by atoms with Gasteiger partial charge in [-0.25, -0.2) is 0 Å². The highest BCUT2D eigenvalue weighted by Crippen LogP contribution is 2.25. The van der Waals surface area contributed by atoms with Gasteiger partial charge >= 0.3 is 0 Å². The van der Waals surface area contributed by atoms with Crippen molar-refractivity contribution < 1.29 is 9.59 Å². The Bertz CT molecular complexity index is 544. The maximum absolute atomic E-state index is 12.0. The molecule has 0 saturated carbocycles. The van der Waals surface area contributed by atoms with Crippen LogP contribution in [0.15, 0.2) is 24.3 Å². The third kappa shape index (κ3) is 2.34. The molecule has 2 unspecified atom stereocenters. The van der Waals surface area contributed by atoms with Gasteiger partial charge in [-0.15, -0.1) is 0 Å². The molecule has 0 bridgehead atoms. The Morgan fingerprint density at radius 1 is 1.25 bits per heavy atom. The van der Waals surface area contributed by atoms with Crippen molar-refractivity contribution in [2.45, 2.75) is 31.5 Å². The first kappa shape index (κ1) is 13.3. The van der Waals surface area contributed by atoms with E-state index in [0.29, 0.717) is 0 Å². The quantitative estimate of drug-likeness (QED) is 0.773. The average molecular weight is 273 g/mol. The topological polar surface area (TPSA) is 61.4 Å². The summed E-state index contributed by atoms with van der Waals surface area (Å²) in [6, 6.07) is 7.99. The predicted octanol–water partition coefficient (Wildman–Crippen LogP) is 0.568. The van der Waals surface area contributed by atoms with Gasteiger partial charge in [0.2, 0.25) is 11.8 Å². The fourth-order valence-corrected chi connectivity index (χ4v) is 2.96. The van der Waals surface area contributed by atoms with E-state index in [-0.39, 0.29) is 30.3 Å². The van der Waals surface area contributed by atoms with Gasteiger partial charge in [0.15, 0.2) is 0 Å². The SMILES string of the molecule is CN1C(=O)CC(NC2CCNCc3ccccc32)C1=O. The van der Waals surface area contributed by atoms with Crippen LogP contribution in [0.3, 0.4) is 0 Å². The number of carbonyl (C=O) groups excluding carboxylic acids is 2. The molecule has 2 amide bonds. The maximum Gasteiger partial charge on any atom is 0.246 e. The minimum Gasteiger partial charge on any atom is -0.313 e. The zero-order chi connectivity index (χ0) is 14.1. The summed E-state index contributed by atoms with van der Waals surface area (Å²) in [5.41, 5.74) is 2.49. The fraction of sp³-hybridized carbons (Fsp3) is 0.467. The fourth-order valence-electron chi connectivity index (χ4n) is 2.96. The normalized spacial score (nSPS) is 26.6. The molecule has 0 aliphatic carbocycles. The third-order valence-corrected chi connectivity index (χ3v) is 4.14. The first-order chi connectivity index (χ1) is 9.66. The lowest BCUT2D eigenvalue weighted by molar-refractivity contribution is -0.137. The Morgan fingerprint density at radius 2 is 2.05 bits per heavy atom. The van der Waals surface area contributed by atoms with E-state index >= 15 is 0 Å². The van der Waals surface area contributed by atoms with E-state index in [4.69, 9.17) is 0 Å². The van der Waals surface area contributed by atoms with Gasteiger partial charge in [0, 0.05) is 19.6 Å². The Hall–Kier alpha value is -1.72. The van der Waals surface area contributed by atoms with E-state index in [9.17, 15) is 9.59 Å². The van der Waals surface area contributed by atoms with Crippen LogP contribution in [0, 0.1) is 0 Å². The molecule has 1 fully saturated rings. The number of nitrogens with zero attached hydrogens (tertiary/aromatic N) is 1. The van der Waals surface area contributed by atoms with Crippen molar-refractivity contribution in [1.29, 1.82) is 0 Å². The molecule has 106 valence electrons. The maximum atomic E-state index is 12.0. The van der Waals surface area contributed by atoms with Crippen LogP contribution in [-0.2, 0) is 16.1 Å². The van der Waals surface area contributed by atoms with Gasteiger partial charge in [-0.05, 0) is 24.1 Å². The standard InChI is InChI=1S/C15H19N3O2/c1-18-14(19)8-13(15(18)20)17-12-6-7-16-9-10-4-2-3-5-11(10)12/h2-5,12-13,16-17H,6-9H2,1H3. The molecule has 2 N–H and O–H groups in total. The Kier molecular flexibility index (Phi) is 3.54. The number of likely N-dealkylation sites (tertiary alicyclic amines) is 1. The number of nitrogens with one attached hydrogen (secondary N) is 2. The van der Waals surface area contributed by atoms with Crippen LogP contribution in [0.4, 0.5) is 0 Å². The zero-order valence-corrected chi connectivity index (χ0v) is 11.6. The van der Waals surface area contributed by atoms with E-state index < -0.39 is 0 Å². The van der Waals surface area contributed by atoms with Crippen molar-refractivity contribution >= 4 is 11.8 Å². The molecule has 5 nitrogen and oxygen atoms in total. The van der Waals surface area contributed by atoms with Crippen LogP contribution in [0.25, 0.3) is 0 Å². The summed E-state index contributed by atoms with van der Waals surface area (Å²) < 4.78 is 0. The monoisotopic (exact) mass is 273 g/mol. The third-order valence-electron chi connectivity index (χ3n) is 4.14. The predicted molar refractivity (Wildman–Crippen MR) is 74.8 cm³/mol. The lowest BCUT2D eigenvalue weighted by Crippen LogP contribution is -2.39. The van der Waals surface area contributed by atoms with E-state index in [1.54, 1.807) is 7.05 Å². The smallest absolute Gasteiger partial charge is 0.246 e. The summed E-state index contributed by atoms with van der Waals surface area (Å²) in [6.45, 7) is 1.75. The van der Waals surface area contributed by atoms with E-state index in [1.165, 1.54) is 16.0 Å². The van der Waals surface area contributed by atoms with Crippen LogP contribution >= 0.6 is 0 Å². The summed E-state index contributed by atoms with van der Waals surface area (Å²) in [7, 11) is 1.55. The first-order valence-corrected chi connectivity index (χ1v) is 7.02. The highest BCUT2D eigenvalue weighted by Gasteiger charge is 2.37. The number of imide groups is 1. The molecule has 1 aromatic carbocycles. The summed E-state index contributed by atoms with van der Waals surface area (Å²) >= 11 is 0. The van der Waals surface area contributed by atoms with Crippen molar-refractivity contribution in [1.82, 2.24) is 15.5 Å². The van der Waals surface area contributed by atoms with Crippen molar-refractivity contribution in [2.75, 3.05) is 13.6 Å². The summed E-state index contributed by atoms with van der Waals surface area (Å²) in [4.78, 5) is 24.8. The molecule has 20 heavy (non-hydrogen) atoms. The van der Waals surface area contributed by atoms with Crippen molar-refractivity contribution in [3.05, 3.63) is 35.4 Å². The lowest BCUT2D eigenvalue weighted by atomic mass is 9.98. The molecule has 0 radical (unpaired) electrons. The molecule has 2 heterocycles. The number of amides is 2. The van der Waals surface area contributed by atoms with Gasteiger partial charge in [-0.2, -0.15) is 0 Å². The number of hydrogen-bond donors (Lipinski definition) is 2. The molecule has 1 aromatic rings. The Labute approximate surface area is 118 Å². The molecular weight excluding hydrogens is 254 g/mol. The van der Waals surface area contributed by atoms with Crippen LogP contribution in [0.5, 0.6) is 0 Å². The second kappa shape index (κ2) is 5.34. The second-order valence-electron chi connectivity index (χ2n) is 5.43. The van der Waals surface area contributed by atoms with Crippen LogP contribution in [-0.4, -0.2) is 36.3 Å². The highest BCUT2D eigenvalue weighted by atomic mass is 16.2. The minimum absolute atomic E-state index is 0.104. The van der Waals surface area contributed by atoms with Gasteiger partial charge in [0.25, 0.3) is 0 Å². The van der Waals surface area contributed by atoms with Gasteiger partial charge in [-0.3, -0.25) is 19.8 Å². The van der Waals surface area contributed by atoms with Gasteiger partial charge in [0.05, 0.1) is 12.5 Å². The van der Waals surface area contributed by atoms with E-state index in [2.05, 4.69) is 22.8 Å². The van der Waals surface area contributed by atoms with Crippen molar-refractivity contribution in [3.8, 4) is 0 Å². The number of fused-ring (bicyclic) bond motifs is 1. The number of benzene rings is 1.